The molecule has 0 fully saturated rings. The molecule has 1 aromatic carbocycles. The average Bonchev–Trinajstić information content (AvgIpc) is 1.88. The summed E-state index contributed by atoms with van der Waals surface area (Å²) in [5, 5.41) is 0. The van der Waals surface area contributed by atoms with Gasteiger partial charge >= 0.3 is 29.6 Å². The fourth-order valence-corrected chi connectivity index (χ4v) is 1.41. The van der Waals surface area contributed by atoms with Crippen LogP contribution in [0, 0.1) is 0 Å². The van der Waals surface area contributed by atoms with Crippen LogP contribution >= 0.6 is 12.6 Å². The summed E-state index contributed by atoms with van der Waals surface area (Å²) in [6.45, 7) is 0. The SMILES string of the molecule is O=S([O-])c1ccccc1S.[Na+]. The Balaban J connectivity index is 0.000001000. The van der Waals surface area contributed by atoms with Crippen LogP contribution in [0.3, 0.4) is 0 Å². The van der Waals surface area contributed by atoms with Crippen LogP contribution in [0.25, 0.3) is 0 Å². The van der Waals surface area contributed by atoms with Crippen molar-refractivity contribution in [1.82, 2.24) is 0 Å². The van der Waals surface area contributed by atoms with E-state index in [0.717, 1.165) is 0 Å². The molecule has 0 bridgehead atoms. The second kappa shape index (κ2) is 5.35. The minimum atomic E-state index is -2.17. The smallest absolute Gasteiger partial charge is 0.768 e. The molecule has 1 rings (SSSR count). The summed E-state index contributed by atoms with van der Waals surface area (Å²) in [7, 11) is 0. The molecule has 0 amide bonds. The maximum atomic E-state index is 10.4. The van der Waals surface area contributed by atoms with Gasteiger partial charge in [-0.05, 0) is 23.2 Å². The molecule has 2 nitrogen and oxygen atoms in total. The predicted octanol–water partition coefficient (Wildman–Crippen LogP) is -1.78. The van der Waals surface area contributed by atoms with Crippen molar-refractivity contribution in [3.63, 3.8) is 0 Å². The van der Waals surface area contributed by atoms with Crippen LogP contribution < -0.4 is 29.6 Å². The molecule has 54 valence electrons. The van der Waals surface area contributed by atoms with Crippen molar-refractivity contribution >= 4 is 23.7 Å². The van der Waals surface area contributed by atoms with Gasteiger partial charge < -0.3 is 4.55 Å². The van der Waals surface area contributed by atoms with Gasteiger partial charge in [-0.15, -0.1) is 12.6 Å². The van der Waals surface area contributed by atoms with Crippen molar-refractivity contribution in [2.75, 3.05) is 0 Å². The fraction of sp³-hybridized carbons (Fsp3) is 0. The van der Waals surface area contributed by atoms with Gasteiger partial charge in [-0.3, -0.25) is 4.21 Å². The van der Waals surface area contributed by atoms with Gasteiger partial charge in [0.25, 0.3) is 0 Å². The van der Waals surface area contributed by atoms with Crippen molar-refractivity contribution in [3.8, 4) is 0 Å². The standard InChI is InChI=1S/C6H6O2S2.Na/c7-10(8)6-4-2-1-3-5(6)9;/h1-4,9H,(H,7,8);/q;+1/p-1. The second-order valence-electron chi connectivity index (χ2n) is 1.70. The summed E-state index contributed by atoms with van der Waals surface area (Å²) in [6, 6.07) is 6.53. The first-order valence-corrected chi connectivity index (χ1v) is 4.11. The third-order valence-electron chi connectivity index (χ3n) is 1.04. The van der Waals surface area contributed by atoms with Gasteiger partial charge in [0, 0.05) is 9.79 Å². The molecule has 0 aliphatic heterocycles. The molecule has 0 spiro atoms. The summed E-state index contributed by atoms with van der Waals surface area (Å²) in [4.78, 5) is 0.724. The van der Waals surface area contributed by atoms with E-state index in [-0.39, 0.29) is 34.5 Å². The minimum Gasteiger partial charge on any atom is -0.768 e. The number of hydrogen-bond acceptors (Lipinski definition) is 3. The Morgan fingerprint density at radius 3 is 2.27 bits per heavy atom. The third-order valence-corrected chi connectivity index (χ3v) is 2.30. The number of hydrogen-bond donors (Lipinski definition) is 1. The molecule has 0 radical (unpaired) electrons. The Labute approximate surface area is 95.4 Å². The van der Waals surface area contributed by atoms with Crippen LogP contribution in [0.15, 0.2) is 34.1 Å². The van der Waals surface area contributed by atoms with E-state index in [1.54, 1.807) is 18.2 Å². The molecule has 0 saturated carbocycles. The Hall–Kier alpha value is 0.680. The number of rotatable bonds is 1. The molecule has 0 saturated heterocycles. The van der Waals surface area contributed by atoms with Gasteiger partial charge in [0.05, 0.1) is 0 Å². The molecular formula is C6H5NaO2S2. The third kappa shape index (κ3) is 3.27. The van der Waals surface area contributed by atoms with E-state index >= 15 is 0 Å². The van der Waals surface area contributed by atoms with E-state index in [4.69, 9.17) is 0 Å². The molecular weight excluding hydrogens is 191 g/mol. The average molecular weight is 196 g/mol. The number of thiol groups is 1. The Bertz CT molecular complexity index is 265. The Morgan fingerprint density at radius 2 is 1.91 bits per heavy atom. The molecule has 0 N–H and O–H groups in total. The molecule has 0 aliphatic rings. The molecule has 1 unspecified atom stereocenters. The first kappa shape index (κ1) is 11.7. The molecule has 1 aromatic rings. The maximum absolute atomic E-state index is 10.4. The van der Waals surface area contributed by atoms with Crippen molar-refractivity contribution < 1.29 is 38.3 Å². The van der Waals surface area contributed by atoms with Crippen LogP contribution in [-0.2, 0) is 11.1 Å². The first-order valence-electron chi connectivity index (χ1n) is 2.59. The zero-order valence-electron chi connectivity index (χ0n) is 5.98. The maximum Gasteiger partial charge on any atom is 1.00 e. The minimum absolute atomic E-state index is 0. The van der Waals surface area contributed by atoms with E-state index in [1.807, 2.05) is 0 Å². The Morgan fingerprint density at radius 1 is 1.36 bits per heavy atom. The Kier molecular flexibility index (Phi) is 5.68. The monoisotopic (exact) mass is 196 g/mol. The van der Waals surface area contributed by atoms with Crippen LogP contribution in [0.5, 0.6) is 0 Å². The predicted molar refractivity (Wildman–Crippen MR) is 40.9 cm³/mol. The zero-order valence-corrected chi connectivity index (χ0v) is 9.69. The van der Waals surface area contributed by atoms with E-state index < -0.39 is 11.1 Å². The van der Waals surface area contributed by atoms with Gasteiger partial charge in [0.1, 0.15) is 0 Å². The van der Waals surface area contributed by atoms with Crippen molar-refractivity contribution in [2.45, 2.75) is 9.79 Å². The fourth-order valence-electron chi connectivity index (χ4n) is 0.598. The van der Waals surface area contributed by atoms with E-state index in [2.05, 4.69) is 12.6 Å². The first-order chi connectivity index (χ1) is 4.72. The molecule has 0 aromatic heterocycles. The molecule has 0 aliphatic carbocycles. The van der Waals surface area contributed by atoms with Gasteiger partial charge in [0.2, 0.25) is 0 Å². The van der Waals surface area contributed by atoms with Crippen molar-refractivity contribution in [3.05, 3.63) is 24.3 Å². The summed E-state index contributed by atoms with van der Waals surface area (Å²) in [6.07, 6.45) is 0. The van der Waals surface area contributed by atoms with Gasteiger partial charge in [0.15, 0.2) is 0 Å². The van der Waals surface area contributed by atoms with Crippen molar-refractivity contribution in [2.24, 2.45) is 0 Å². The van der Waals surface area contributed by atoms with Crippen LogP contribution in [-0.4, -0.2) is 8.76 Å². The van der Waals surface area contributed by atoms with Crippen LogP contribution in [0.1, 0.15) is 0 Å². The van der Waals surface area contributed by atoms with E-state index in [0.29, 0.717) is 4.90 Å². The van der Waals surface area contributed by atoms with E-state index in [9.17, 15) is 8.76 Å². The normalized spacial score (nSPS) is 11.8. The van der Waals surface area contributed by atoms with Crippen LogP contribution in [0.2, 0.25) is 0 Å². The summed E-state index contributed by atoms with van der Waals surface area (Å²) < 4.78 is 20.7. The van der Waals surface area contributed by atoms with Crippen molar-refractivity contribution in [1.29, 1.82) is 0 Å². The molecule has 5 heteroatoms. The van der Waals surface area contributed by atoms with Gasteiger partial charge in [-0.2, -0.15) is 0 Å². The molecule has 11 heavy (non-hydrogen) atoms. The summed E-state index contributed by atoms with van der Waals surface area (Å²) in [5.74, 6) is 0. The van der Waals surface area contributed by atoms with Crippen LogP contribution in [0.4, 0.5) is 0 Å². The summed E-state index contributed by atoms with van der Waals surface area (Å²) >= 11 is 1.78. The second-order valence-corrected chi connectivity index (χ2v) is 3.09. The molecule has 0 heterocycles. The summed E-state index contributed by atoms with van der Waals surface area (Å²) in [5.41, 5.74) is 0. The number of benzene rings is 1. The zero-order chi connectivity index (χ0) is 7.56. The molecule has 1 atom stereocenters. The largest absolute Gasteiger partial charge is 1.00 e. The topological polar surface area (TPSA) is 40.1 Å². The van der Waals surface area contributed by atoms with E-state index in [1.165, 1.54) is 6.07 Å². The quantitative estimate of drug-likeness (QED) is 0.328. The van der Waals surface area contributed by atoms with Gasteiger partial charge in [-0.25, -0.2) is 0 Å². The van der Waals surface area contributed by atoms with Gasteiger partial charge in [-0.1, -0.05) is 12.1 Å².